The first-order chi connectivity index (χ1) is 9.91. The summed E-state index contributed by atoms with van der Waals surface area (Å²) in [5.41, 5.74) is 0. The van der Waals surface area contributed by atoms with Crippen molar-refractivity contribution < 1.29 is 13.2 Å². The zero-order chi connectivity index (χ0) is 15.5. The average Bonchev–Trinajstić information content (AvgIpc) is 3.10. The van der Waals surface area contributed by atoms with Crippen LogP contribution in [0.25, 0.3) is 0 Å². The number of hydrogen-bond acceptors (Lipinski definition) is 5. The maximum absolute atomic E-state index is 12.6. The predicted molar refractivity (Wildman–Crippen MR) is 86.9 cm³/mol. The lowest BCUT2D eigenvalue weighted by atomic mass is 10.3. The number of nitrogens with zero attached hydrogens (tertiary/aromatic N) is 1. The smallest absolute Gasteiger partial charge is 0.224 e. The van der Waals surface area contributed by atoms with Gasteiger partial charge in [-0.1, -0.05) is 12.1 Å². The van der Waals surface area contributed by atoms with Crippen LogP contribution in [0.4, 0.5) is 0 Å². The van der Waals surface area contributed by atoms with Gasteiger partial charge in [0.1, 0.15) is 11.0 Å². The number of sulfonamides is 1. The van der Waals surface area contributed by atoms with Crippen LogP contribution in [-0.4, -0.2) is 23.8 Å². The normalized spacial score (nSPS) is 13.5. The number of Topliss-reactive ketones (excluding diaryl/α,β-unsaturated/α-hetero) is 1. The van der Waals surface area contributed by atoms with Crippen LogP contribution >= 0.6 is 22.7 Å². The quantitative estimate of drug-likeness (QED) is 0.776. The molecule has 0 aromatic carbocycles. The highest BCUT2D eigenvalue weighted by Crippen LogP contribution is 2.22. The molecule has 2 aromatic heterocycles. The van der Waals surface area contributed by atoms with E-state index in [9.17, 15) is 13.2 Å². The minimum Gasteiger partial charge on any atom is -0.299 e. The van der Waals surface area contributed by atoms with Crippen molar-refractivity contribution >= 4 is 38.5 Å². The fourth-order valence-corrected chi connectivity index (χ4v) is 4.93. The molecule has 0 saturated carbocycles. The number of ketones is 1. The summed E-state index contributed by atoms with van der Waals surface area (Å²) in [5.74, 6) is -0.336. The van der Waals surface area contributed by atoms with Crippen LogP contribution in [-0.2, 0) is 27.9 Å². The molecule has 0 spiro atoms. The fraction of sp³-hybridized carbons (Fsp3) is 0.357. The Morgan fingerprint density at radius 3 is 1.95 bits per heavy atom. The van der Waals surface area contributed by atoms with Gasteiger partial charge in [-0.3, -0.25) is 4.79 Å². The van der Waals surface area contributed by atoms with Crippen molar-refractivity contribution in [2.24, 2.45) is 0 Å². The lowest BCUT2D eigenvalue weighted by Crippen LogP contribution is -2.39. The van der Waals surface area contributed by atoms with Crippen LogP contribution in [0, 0.1) is 0 Å². The van der Waals surface area contributed by atoms with Crippen molar-refractivity contribution in [1.82, 2.24) is 4.31 Å². The van der Waals surface area contributed by atoms with Gasteiger partial charge >= 0.3 is 0 Å². The summed E-state index contributed by atoms with van der Waals surface area (Å²) in [6.07, 6.45) is 0. The third-order valence-corrected chi connectivity index (χ3v) is 7.13. The topological polar surface area (TPSA) is 54.5 Å². The first kappa shape index (κ1) is 16.4. The number of hydrogen-bond donors (Lipinski definition) is 0. The Hall–Kier alpha value is -1.02. The van der Waals surface area contributed by atoms with Crippen molar-refractivity contribution in [2.75, 3.05) is 0 Å². The molecule has 0 aliphatic heterocycles. The second kappa shape index (κ2) is 6.83. The third kappa shape index (κ3) is 4.00. The van der Waals surface area contributed by atoms with Crippen LogP contribution in [0.3, 0.4) is 0 Å². The Balaban J connectivity index is 2.28. The van der Waals surface area contributed by atoms with Crippen LogP contribution in [0.1, 0.15) is 23.6 Å². The van der Waals surface area contributed by atoms with Crippen LogP contribution < -0.4 is 0 Å². The van der Waals surface area contributed by atoms with Gasteiger partial charge in [0, 0.05) is 22.8 Å². The predicted octanol–water partition coefficient (Wildman–Crippen LogP) is 3.12. The van der Waals surface area contributed by atoms with Gasteiger partial charge in [0.25, 0.3) is 0 Å². The summed E-state index contributed by atoms with van der Waals surface area (Å²) in [4.78, 5) is 13.4. The van der Waals surface area contributed by atoms with Crippen LogP contribution in [0.2, 0.25) is 0 Å². The van der Waals surface area contributed by atoms with Crippen LogP contribution in [0.15, 0.2) is 35.0 Å². The fourth-order valence-electron chi connectivity index (χ4n) is 1.82. The molecule has 4 nitrogen and oxygen atoms in total. The van der Waals surface area contributed by atoms with Crippen LogP contribution in [0.5, 0.6) is 0 Å². The first-order valence-corrected chi connectivity index (χ1v) is 9.71. The highest BCUT2D eigenvalue weighted by Gasteiger charge is 2.32. The molecule has 0 saturated heterocycles. The molecule has 7 heteroatoms. The van der Waals surface area contributed by atoms with Crippen molar-refractivity contribution in [2.45, 2.75) is 32.2 Å². The molecule has 21 heavy (non-hydrogen) atoms. The number of rotatable bonds is 7. The van der Waals surface area contributed by atoms with E-state index in [1.165, 1.54) is 40.8 Å². The lowest BCUT2D eigenvalue weighted by molar-refractivity contribution is -0.116. The SMILES string of the molecule is CC(=O)C(C)S(=O)(=O)N(Cc1cccs1)Cc1cccs1. The van der Waals surface area contributed by atoms with Gasteiger partial charge in [0.2, 0.25) is 10.0 Å². The van der Waals surface area contributed by atoms with Crippen molar-refractivity contribution in [3.8, 4) is 0 Å². The molecular weight excluding hydrogens is 326 g/mol. The van der Waals surface area contributed by atoms with E-state index < -0.39 is 15.3 Å². The summed E-state index contributed by atoms with van der Waals surface area (Å²) in [6.45, 7) is 3.37. The maximum Gasteiger partial charge on any atom is 0.224 e. The highest BCUT2D eigenvalue weighted by molar-refractivity contribution is 7.90. The first-order valence-electron chi connectivity index (χ1n) is 6.45. The van der Waals surface area contributed by atoms with E-state index in [-0.39, 0.29) is 5.78 Å². The van der Waals surface area contributed by atoms with Gasteiger partial charge in [-0.25, -0.2) is 8.42 Å². The molecule has 2 rings (SSSR count). The molecule has 0 radical (unpaired) electrons. The summed E-state index contributed by atoms with van der Waals surface area (Å²) >= 11 is 3.02. The van der Waals surface area contributed by atoms with Gasteiger partial charge in [-0.05, 0) is 36.7 Å². The molecule has 0 bridgehead atoms. The summed E-state index contributed by atoms with van der Waals surface area (Å²) in [6, 6.07) is 7.59. The zero-order valence-electron chi connectivity index (χ0n) is 11.9. The summed E-state index contributed by atoms with van der Waals surface area (Å²) < 4.78 is 26.7. The van der Waals surface area contributed by atoms with E-state index in [0.717, 1.165) is 9.75 Å². The Kier molecular flexibility index (Phi) is 5.32. The second-order valence-corrected chi connectivity index (χ2v) is 9.04. The molecule has 0 fully saturated rings. The minimum absolute atomic E-state index is 0.301. The largest absolute Gasteiger partial charge is 0.299 e. The molecule has 114 valence electrons. The second-order valence-electron chi connectivity index (χ2n) is 4.72. The van der Waals surface area contributed by atoms with Crippen molar-refractivity contribution in [1.29, 1.82) is 0 Å². The van der Waals surface area contributed by atoms with Gasteiger partial charge in [-0.2, -0.15) is 4.31 Å². The molecule has 1 atom stereocenters. The third-order valence-electron chi connectivity index (χ3n) is 3.20. The van der Waals surface area contributed by atoms with Gasteiger partial charge in [0.15, 0.2) is 0 Å². The standard InChI is InChI=1S/C14H17NO3S3/c1-11(16)12(2)21(17,18)15(9-13-5-3-7-19-13)10-14-6-4-8-20-14/h3-8,12H,9-10H2,1-2H3. The number of carbonyl (C=O) groups is 1. The summed E-state index contributed by atoms with van der Waals surface area (Å²) in [5, 5.41) is 2.82. The Morgan fingerprint density at radius 1 is 1.14 bits per heavy atom. The maximum atomic E-state index is 12.6. The van der Waals surface area contributed by atoms with Gasteiger partial charge in [0.05, 0.1) is 0 Å². The van der Waals surface area contributed by atoms with E-state index in [1.54, 1.807) is 0 Å². The molecule has 0 aliphatic carbocycles. The molecular formula is C14H17NO3S3. The lowest BCUT2D eigenvalue weighted by Gasteiger charge is -2.23. The highest BCUT2D eigenvalue weighted by atomic mass is 32.2. The molecule has 2 aromatic rings. The number of thiophene rings is 2. The van der Waals surface area contributed by atoms with E-state index >= 15 is 0 Å². The minimum atomic E-state index is -3.66. The Labute approximate surface area is 133 Å². The van der Waals surface area contributed by atoms with E-state index in [0.29, 0.717) is 13.1 Å². The van der Waals surface area contributed by atoms with E-state index in [1.807, 2.05) is 35.0 Å². The number of carbonyl (C=O) groups excluding carboxylic acids is 1. The molecule has 0 amide bonds. The summed E-state index contributed by atoms with van der Waals surface area (Å²) in [7, 11) is -3.66. The molecule has 0 N–H and O–H groups in total. The van der Waals surface area contributed by atoms with E-state index in [2.05, 4.69) is 0 Å². The Morgan fingerprint density at radius 2 is 1.62 bits per heavy atom. The molecule has 0 aliphatic rings. The van der Waals surface area contributed by atoms with Gasteiger partial charge < -0.3 is 0 Å². The van der Waals surface area contributed by atoms with Crippen molar-refractivity contribution in [3.05, 3.63) is 44.8 Å². The van der Waals surface area contributed by atoms with E-state index in [4.69, 9.17) is 0 Å². The van der Waals surface area contributed by atoms with Gasteiger partial charge in [-0.15, -0.1) is 22.7 Å². The molecule has 1 unspecified atom stereocenters. The Bertz CT molecular complexity index is 639. The molecule has 2 heterocycles. The van der Waals surface area contributed by atoms with Crippen molar-refractivity contribution in [3.63, 3.8) is 0 Å². The zero-order valence-corrected chi connectivity index (χ0v) is 14.3. The average molecular weight is 343 g/mol. The monoisotopic (exact) mass is 343 g/mol.